The van der Waals surface area contributed by atoms with Gasteiger partial charge in [-0.05, 0) is 68.8 Å². The van der Waals surface area contributed by atoms with Gasteiger partial charge >= 0.3 is 5.97 Å². The van der Waals surface area contributed by atoms with Crippen molar-refractivity contribution in [3.05, 3.63) is 65.5 Å². The number of Topliss-reactive ketones (excluding diaryl/α,β-unsaturated/α-hetero) is 1. The van der Waals surface area contributed by atoms with E-state index in [4.69, 9.17) is 4.74 Å². The molecule has 2 aromatic rings. The van der Waals surface area contributed by atoms with E-state index in [9.17, 15) is 22.4 Å². The molecule has 0 radical (unpaired) electrons. The summed E-state index contributed by atoms with van der Waals surface area (Å²) in [5.74, 6) is -1.70. The van der Waals surface area contributed by atoms with E-state index < -0.39 is 33.7 Å². The standard InChI is InChI=1S/C20H22FNO5S/c1-4-13(2)22-28(25,26)18-11-7-16(8-12-18)20(24)27-14(3)19(23)15-5-9-17(21)10-6-15/h5-14,22H,4H2,1-3H3/t13-,14+/m0/s1. The highest BCUT2D eigenvalue weighted by Crippen LogP contribution is 2.14. The quantitative estimate of drug-likeness (QED) is 0.536. The van der Waals surface area contributed by atoms with Gasteiger partial charge in [0.05, 0.1) is 10.5 Å². The highest BCUT2D eigenvalue weighted by molar-refractivity contribution is 7.89. The molecule has 6 nitrogen and oxygen atoms in total. The first-order chi connectivity index (χ1) is 13.1. The summed E-state index contributed by atoms with van der Waals surface area (Å²) in [6, 6.07) is 9.95. The molecule has 1 N–H and O–H groups in total. The van der Waals surface area contributed by atoms with Crippen LogP contribution >= 0.6 is 0 Å². The van der Waals surface area contributed by atoms with Gasteiger partial charge in [0.25, 0.3) is 0 Å². The molecule has 150 valence electrons. The number of sulfonamides is 1. The van der Waals surface area contributed by atoms with Gasteiger partial charge in [-0.3, -0.25) is 4.79 Å². The predicted molar refractivity (Wildman–Crippen MR) is 102 cm³/mol. The number of nitrogens with one attached hydrogen (secondary N) is 1. The van der Waals surface area contributed by atoms with Crippen molar-refractivity contribution in [2.75, 3.05) is 0 Å². The second-order valence-electron chi connectivity index (χ2n) is 6.37. The normalized spacial score (nSPS) is 13.6. The lowest BCUT2D eigenvalue weighted by Gasteiger charge is -2.14. The third-order valence-electron chi connectivity index (χ3n) is 4.15. The summed E-state index contributed by atoms with van der Waals surface area (Å²) in [4.78, 5) is 24.5. The van der Waals surface area contributed by atoms with Crippen LogP contribution < -0.4 is 4.72 Å². The molecule has 0 aromatic heterocycles. The van der Waals surface area contributed by atoms with E-state index >= 15 is 0 Å². The number of carbonyl (C=O) groups excluding carboxylic acids is 2. The van der Waals surface area contributed by atoms with Crippen molar-refractivity contribution < 1.29 is 27.1 Å². The third kappa shape index (κ3) is 5.46. The first kappa shape index (κ1) is 21.7. The highest BCUT2D eigenvalue weighted by Gasteiger charge is 2.22. The van der Waals surface area contributed by atoms with Gasteiger partial charge in [0.2, 0.25) is 15.8 Å². The molecule has 0 saturated heterocycles. The smallest absolute Gasteiger partial charge is 0.338 e. The van der Waals surface area contributed by atoms with Crippen molar-refractivity contribution >= 4 is 21.8 Å². The molecule has 0 spiro atoms. The molecular weight excluding hydrogens is 385 g/mol. The van der Waals surface area contributed by atoms with Crippen LogP contribution in [0.4, 0.5) is 4.39 Å². The van der Waals surface area contributed by atoms with Gasteiger partial charge in [0.15, 0.2) is 6.10 Å². The average molecular weight is 407 g/mol. The van der Waals surface area contributed by atoms with Crippen LogP contribution in [0, 0.1) is 5.82 Å². The lowest BCUT2D eigenvalue weighted by molar-refractivity contribution is 0.0318. The van der Waals surface area contributed by atoms with Gasteiger partial charge in [0.1, 0.15) is 5.82 Å². The Morgan fingerprint density at radius 1 is 1.00 bits per heavy atom. The van der Waals surface area contributed by atoms with E-state index in [-0.39, 0.29) is 22.1 Å². The Balaban J connectivity index is 2.06. The Hall–Kier alpha value is -2.58. The Bertz CT molecular complexity index is 940. The van der Waals surface area contributed by atoms with Crippen molar-refractivity contribution in [3.63, 3.8) is 0 Å². The van der Waals surface area contributed by atoms with E-state index in [2.05, 4.69) is 4.72 Å². The molecule has 0 aliphatic carbocycles. The zero-order valence-corrected chi connectivity index (χ0v) is 16.6. The summed E-state index contributed by atoms with van der Waals surface area (Å²) >= 11 is 0. The number of rotatable bonds is 8. The maximum atomic E-state index is 12.9. The van der Waals surface area contributed by atoms with Gasteiger partial charge in [-0.2, -0.15) is 0 Å². The van der Waals surface area contributed by atoms with Crippen molar-refractivity contribution in [2.45, 2.75) is 44.2 Å². The third-order valence-corrected chi connectivity index (χ3v) is 5.76. The molecule has 0 aliphatic heterocycles. The fraction of sp³-hybridized carbons (Fsp3) is 0.300. The second-order valence-corrected chi connectivity index (χ2v) is 8.09. The molecule has 0 aliphatic rings. The van der Waals surface area contributed by atoms with Crippen LogP contribution in [0.25, 0.3) is 0 Å². The molecule has 0 bridgehead atoms. The predicted octanol–water partition coefficient (Wildman–Crippen LogP) is 3.33. The minimum atomic E-state index is -3.68. The molecule has 2 aromatic carbocycles. The second kappa shape index (κ2) is 9.07. The van der Waals surface area contributed by atoms with Gasteiger partial charge in [-0.15, -0.1) is 0 Å². The maximum Gasteiger partial charge on any atom is 0.338 e. The van der Waals surface area contributed by atoms with Gasteiger partial charge in [-0.25, -0.2) is 22.3 Å². The zero-order chi connectivity index (χ0) is 20.9. The molecule has 0 fully saturated rings. The van der Waals surface area contributed by atoms with Gasteiger partial charge < -0.3 is 4.74 Å². The first-order valence-corrected chi connectivity index (χ1v) is 10.3. The molecule has 28 heavy (non-hydrogen) atoms. The van der Waals surface area contributed by atoms with Crippen molar-refractivity contribution in [1.82, 2.24) is 4.72 Å². The monoisotopic (exact) mass is 407 g/mol. The molecule has 0 saturated carbocycles. The van der Waals surface area contributed by atoms with Crippen molar-refractivity contribution in [2.24, 2.45) is 0 Å². The number of halogens is 1. The molecule has 0 unspecified atom stereocenters. The summed E-state index contributed by atoms with van der Waals surface area (Å²) in [7, 11) is -3.68. The van der Waals surface area contributed by atoms with E-state index in [0.29, 0.717) is 6.42 Å². The Morgan fingerprint density at radius 3 is 2.07 bits per heavy atom. The molecule has 8 heteroatoms. The number of ketones is 1. The number of esters is 1. The molecule has 2 atom stereocenters. The summed E-state index contributed by atoms with van der Waals surface area (Å²) in [6.45, 7) is 5.03. The molecule has 0 amide bonds. The molecule has 2 rings (SSSR count). The Kier molecular flexibility index (Phi) is 7.04. The van der Waals surface area contributed by atoms with Crippen molar-refractivity contribution in [3.8, 4) is 0 Å². The minimum absolute atomic E-state index is 0.0276. The first-order valence-electron chi connectivity index (χ1n) is 8.77. The number of carbonyl (C=O) groups is 2. The van der Waals surface area contributed by atoms with Crippen LogP contribution in [0.15, 0.2) is 53.4 Å². The topological polar surface area (TPSA) is 89.5 Å². The lowest BCUT2D eigenvalue weighted by Crippen LogP contribution is -2.32. The van der Waals surface area contributed by atoms with Crippen LogP contribution in [0.1, 0.15) is 47.9 Å². The summed E-state index contributed by atoms with van der Waals surface area (Å²) in [5.41, 5.74) is 0.334. The SMILES string of the molecule is CC[C@H](C)NS(=O)(=O)c1ccc(C(=O)O[C@H](C)C(=O)c2ccc(F)cc2)cc1. The van der Waals surface area contributed by atoms with Gasteiger partial charge in [-0.1, -0.05) is 6.92 Å². The number of ether oxygens (including phenoxy) is 1. The fourth-order valence-corrected chi connectivity index (χ4v) is 3.64. The number of benzene rings is 2. The summed E-state index contributed by atoms with van der Waals surface area (Å²) in [5, 5.41) is 0. The molecular formula is C20H22FNO5S. The highest BCUT2D eigenvalue weighted by atomic mass is 32.2. The minimum Gasteiger partial charge on any atom is -0.451 e. The lowest BCUT2D eigenvalue weighted by atomic mass is 10.1. The van der Waals surface area contributed by atoms with Crippen molar-refractivity contribution in [1.29, 1.82) is 0 Å². The number of hydrogen-bond donors (Lipinski definition) is 1. The van der Waals surface area contributed by atoms with Crippen LogP contribution in [-0.4, -0.2) is 32.3 Å². The van der Waals surface area contributed by atoms with E-state index in [1.807, 2.05) is 6.92 Å². The summed E-state index contributed by atoms with van der Waals surface area (Å²) in [6.07, 6.45) is -0.433. The Labute approximate surface area is 163 Å². The fourth-order valence-electron chi connectivity index (χ4n) is 2.32. The number of hydrogen-bond acceptors (Lipinski definition) is 5. The largest absolute Gasteiger partial charge is 0.451 e. The van der Waals surface area contributed by atoms with E-state index in [0.717, 1.165) is 12.1 Å². The maximum absolute atomic E-state index is 12.9. The van der Waals surface area contributed by atoms with E-state index in [1.165, 1.54) is 43.3 Å². The van der Waals surface area contributed by atoms with Crippen LogP contribution in [0.3, 0.4) is 0 Å². The van der Waals surface area contributed by atoms with Crippen LogP contribution in [0.2, 0.25) is 0 Å². The Morgan fingerprint density at radius 2 is 1.54 bits per heavy atom. The zero-order valence-electron chi connectivity index (χ0n) is 15.8. The van der Waals surface area contributed by atoms with Crippen LogP contribution in [0.5, 0.6) is 0 Å². The average Bonchev–Trinajstić information content (AvgIpc) is 2.67. The van der Waals surface area contributed by atoms with Crippen LogP contribution in [-0.2, 0) is 14.8 Å². The van der Waals surface area contributed by atoms with Gasteiger partial charge in [0, 0.05) is 11.6 Å². The molecule has 0 heterocycles. The van der Waals surface area contributed by atoms with E-state index in [1.54, 1.807) is 6.92 Å². The summed E-state index contributed by atoms with van der Waals surface area (Å²) < 4.78 is 45.1.